The first-order valence-corrected chi connectivity index (χ1v) is 6.50. The molecule has 3 heteroatoms. The quantitative estimate of drug-likeness (QED) is 0.827. The predicted molar refractivity (Wildman–Crippen MR) is 75.5 cm³/mol. The monoisotopic (exact) mass is 255 g/mol. The number of aromatic amines is 1. The molecule has 0 spiro atoms. The Morgan fingerprint density at radius 2 is 1.79 bits per heavy atom. The zero-order valence-corrected chi connectivity index (χ0v) is 11.3. The number of nitrogens with zero attached hydrogens (tertiary/aromatic N) is 1. The lowest BCUT2D eigenvalue weighted by Crippen LogP contribution is -2.37. The highest BCUT2D eigenvalue weighted by atomic mass is 16.2. The van der Waals surface area contributed by atoms with E-state index in [-0.39, 0.29) is 11.8 Å². The van der Waals surface area contributed by atoms with E-state index in [1.807, 2.05) is 68.6 Å². The van der Waals surface area contributed by atoms with Gasteiger partial charge in [-0.15, -0.1) is 0 Å². The van der Waals surface area contributed by atoms with Crippen molar-refractivity contribution < 1.29 is 9.78 Å². The third-order valence-corrected chi connectivity index (χ3v) is 2.93. The van der Waals surface area contributed by atoms with E-state index in [1.165, 1.54) is 0 Å². The number of amides is 1. The third-order valence-electron chi connectivity index (χ3n) is 2.93. The van der Waals surface area contributed by atoms with Gasteiger partial charge in [0.2, 0.25) is 0 Å². The van der Waals surface area contributed by atoms with Crippen molar-refractivity contribution in [2.45, 2.75) is 20.4 Å². The fraction of sp³-hybridized carbons (Fsp3) is 0.250. The normalized spacial score (nSPS) is 10.5. The van der Waals surface area contributed by atoms with E-state index in [2.05, 4.69) is 4.98 Å². The predicted octanol–water partition coefficient (Wildman–Crippen LogP) is 2.69. The zero-order valence-electron chi connectivity index (χ0n) is 11.3. The number of rotatable bonds is 4. The molecule has 19 heavy (non-hydrogen) atoms. The highest BCUT2D eigenvalue weighted by molar-refractivity contribution is 5.92. The van der Waals surface area contributed by atoms with E-state index in [9.17, 15) is 4.79 Å². The Labute approximate surface area is 113 Å². The van der Waals surface area contributed by atoms with E-state index < -0.39 is 0 Å². The maximum absolute atomic E-state index is 12.4. The Morgan fingerprint density at radius 3 is 2.37 bits per heavy atom. The average molecular weight is 255 g/mol. The van der Waals surface area contributed by atoms with Gasteiger partial charge in [0, 0.05) is 6.07 Å². The lowest BCUT2D eigenvalue weighted by molar-refractivity contribution is -0.363. The third kappa shape index (κ3) is 3.41. The minimum atomic E-state index is -0.0303. The van der Waals surface area contributed by atoms with Gasteiger partial charge in [0.1, 0.15) is 6.54 Å². The minimum absolute atomic E-state index is 0.0303. The summed E-state index contributed by atoms with van der Waals surface area (Å²) in [5.74, 6) is 0.911. The van der Waals surface area contributed by atoms with Crippen molar-refractivity contribution in [1.82, 2.24) is 0 Å². The van der Waals surface area contributed by atoms with Crippen LogP contribution in [0, 0.1) is 5.92 Å². The molecule has 0 saturated carbocycles. The molecule has 0 fully saturated rings. The standard InChI is InChI=1S/C16H18N2O/c1-13(2)16(19)18(15-10-6-7-11-17-15)12-14-8-4-3-5-9-14/h3-11,13H,12H2,1-2H3/p+1. The van der Waals surface area contributed by atoms with Crippen molar-refractivity contribution in [3.8, 4) is 0 Å². The second-order valence-electron chi connectivity index (χ2n) is 4.81. The fourth-order valence-corrected chi connectivity index (χ4v) is 1.91. The molecule has 1 N–H and O–H groups in total. The summed E-state index contributed by atoms with van der Waals surface area (Å²) in [6.07, 6.45) is 1.83. The largest absolute Gasteiger partial charge is 0.312 e. The average Bonchev–Trinajstić information content (AvgIpc) is 2.46. The first-order valence-electron chi connectivity index (χ1n) is 6.50. The number of H-pyrrole nitrogens is 1. The molecule has 0 atom stereocenters. The Balaban J connectivity index is 2.28. The van der Waals surface area contributed by atoms with Gasteiger partial charge in [0.15, 0.2) is 0 Å². The molecule has 1 heterocycles. The van der Waals surface area contributed by atoms with Crippen LogP contribution >= 0.6 is 0 Å². The van der Waals surface area contributed by atoms with Crippen LogP contribution in [0.1, 0.15) is 19.4 Å². The first-order chi connectivity index (χ1) is 9.18. The van der Waals surface area contributed by atoms with Crippen molar-refractivity contribution in [3.63, 3.8) is 0 Å². The van der Waals surface area contributed by atoms with Gasteiger partial charge in [-0.1, -0.05) is 50.2 Å². The van der Waals surface area contributed by atoms with Crippen LogP contribution in [-0.2, 0) is 11.3 Å². The summed E-state index contributed by atoms with van der Waals surface area (Å²) in [6.45, 7) is 4.42. The van der Waals surface area contributed by atoms with Gasteiger partial charge >= 0.3 is 5.91 Å². The van der Waals surface area contributed by atoms with Crippen molar-refractivity contribution in [1.29, 1.82) is 0 Å². The molecule has 0 aliphatic carbocycles. The number of aromatic nitrogens is 1. The summed E-state index contributed by atoms with van der Waals surface area (Å²) in [4.78, 5) is 17.3. The van der Waals surface area contributed by atoms with Gasteiger partial charge in [-0.25, -0.2) is 9.78 Å². The highest BCUT2D eigenvalue weighted by Gasteiger charge is 2.26. The van der Waals surface area contributed by atoms with Crippen molar-refractivity contribution >= 4 is 11.7 Å². The SMILES string of the molecule is CC(C)C(=O)N(Cc1ccccc1)c1cccc[nH+]1. The van der Waals surface area contributed by atoms with Crippen LogP contribution in [0.3, 0.4) is 0 Å². The number of carbonyl (C=O) groups is 1. The molecule has 0 aliphatic rings. The Morgan fingerprint density at radius 1 is 1.11 bits per heavy atom. The molecule has 98 valence electrons. The van der Waals surface area contributed by atoms with E-state index >= 15 is 0 Å². The summed E-state index contributed by atoms with van der Waals surface area (Å²) in [5, 5.41) is 0. The maximum atomic E-state index is 12.4. The molecule has 1 aromatic heterocycles. The second-order valence-corrected chi connectivity index (χ2v) is 4.81. The summed E-state index contributed by atoms with van der Waals surface area (Å²) >= 11 is 0. The van der Waals surface area contributed by atoms with Crippen LogP contribution in [0.4, 0.5) is 5.82 Å². The topological polar surface area (TPSA) is 34.5 Å². The molecular weight excluding hydrogens is 236 g/mol. The second kappa shape index (κ2) is 6.14. The number of anilines is 1. The number of hydrogen-bond donors (Lipinski definition) is 0. The molecule has 0 radical (unpaired) electrons. The molecular formula is C16H19N2O+. The van der Waals surface area contributed by atoms with Gasteiger partial charge in [-0.3, -0.25) is 0 Å². The molecule has 0 unspecified atom stereocenters. The number of hydrogen-bond acceptors (Lipinski definition) is 1. The Kier molecular flexibility index (Phi) is 4.29. The van der Waals surface area contributed by atoms with E-state index in [0.29, 0.717) is 6.54 Å². The molecule has 1 amide bonds. The van der Waals surface area contributed by atoms with Gasteiger partial charge in [0.25, 0.3) is 5.82 Å². The van der Waals surface area contributed by atoms with Crippen LogP contribution in [0.5, 0.6) is 0 Å². The Hall–Kier alpha value is -2.16. The summed E-state index contributed by atoms with van der Waals surface area (Å²) in [5.41, 5.74) is 1.12. The van der Waals surface area contributed by atoms with Gasteiger partial charge < -0.3 is 0 Å². The lowest BCUT2D eigenvalue weighted by Gasteiger charge is -2.16. The number of nitrogens with one attached hydrogen (secondary N) is 1. The molecule has 2 rings (SSSR count). The van der Waals surface area contributed by atoms with Gasteiger partial charge in [-0.05, 0) is 11.6 Å². The van der Waals surface area contributed by atoms with E-state index in [0.717, 1.165) is 11.4 Å². The molecule has 3 nitrogen and oxygen atoms in total. The molecule has 0 bridgehead atoms. The number of carbonyl (C=O) groups excluding carboxylic acids is 1. The van der Waals surface area contributed by atoms with Crippen LogP contribution < -0.4 is 9.88 Å². The van der Waals surface area contributed by atoms with Crippen molar-refractivity contribution in [2.75, 3.05) is 4.90 Å². The van der Waals surface area contributed by atoms with Gasteiger partial charge in [0.05, 0.1) is 12.1 Å². The summed E-state index contributed by atoms with van der Waals surface area (Å²) in [7, 11) is 0. The van der Waals surface area contributed by atoms with Crippen molar-refractivity contribution in [3.05, 3.63) is 60.3 Å². The molecule has 2 aromatic rings. The highest BCUT2D eigenvalue weighted by Crippen LogP contribution is 2.14. The van der Waals surface area contributed by atoms with Gasteiger partial charge in [-0.2, -0.15) is 4.90 Å². The first kappa shape index (κ1) is 13.3. The summed E-state index contributed by atoms with van der Waals surface area (Å²) in [6, 6.07) is 15.8. The fourth-order valence-electron chi connectivity index (χ4n) is 1.91. The Bertz CT molecular complexity index is 523. The number of benzene rings is 1. The molecule has 0 aliphatic heterocycles. The van der Waals surface area contributed by atoms with Crippen LogP contribution in [0.15, 0.2) is 54.7 Å². The smallest absolute Gasteiger partial charge is 0.247 e. The molecule has 0 saturated heterocycles. The zero-order chi connectivity index (χ0) is 13.7. The van der Waals surface area contributed by atoms with E-state index in [4.69, 9.17) is 0 Å². The van der Waals surface area contributed by atoms with E-state index in [1.54, 1.807) is 4.90 Å². The minimum Gasteiger partial charge on any atom is -0.247 e. The van der Waals surface area contributed by atoms with Crippen LogP contribution in [0.25, 0.3) is 0 Å². The van der Waals surface area contributed by atoms with Crippen LogP contribution in [0.2, 0.25) is 0 Å². The molecule has 1 aromatic carbocycles. The number of pyridine rings is 1. The maximum Gasteiger partial charge on any atom is 0.312 e. The van der Waals surface area contributed by atoms with Crippen molar-refractivity contribution in [2.24, 2.45) is 5.92 Å². The summed E-state index contributed by atoms with van der Waals surface area (Å²) < 4.78 is 0. The van der Waals surface area contributed by atoms with Crippen LogP contribution in [-0.4, -0.2) is 5.91 Å². The lowest BCUT2D eigenvalue weighted by atomic mass is 10.1.